The SMILES string of the molecule is COc1ccc(S(=O)(=O)C(C#N)=CN2CCOCC2)cc1. The molecular weight excluding hydrogens is 292 g/mol. The van der Waals surface area contributed by atoms with Crippen molar-refractivity contribution in [3.8, 4) is 11.8 Å². The molecule has 0 saturated carbocycles. The van der Waals surface area contributed by atoms with Gasteiger partial charge in [0.1, 0.15) is 11.8 Å². The molecule has 6 nitrogen and oxygen atoms in total. The second-order valence-electron chi connectivity index (χ2n) is 4.43. The van der Waals surface area contributed by atoms with Crippen molar-refractivity contribution in [3.05, 3.63) is 35.4 Å². The molecule has 0 aromatic heterocycles. The van der Waals surface area contributed by atoms with E-state index in [0.717, 1.165) is 0 Å². The smallest absolute Gasteiger partial charge is 0.218 e. The summed E-state index contributed by atoms with van der Waals surface area (Å²) in [4.78, 5) is 1.59. The molecule has 0 aliphatic carbocycles. The number of hydrogen-bond acceptors (Lipinski definition) is 6. The van der Waals surface area contributed by atoms with Crippen LogP contribution < -0.4 is 4.74 Å². The molecule has 0 N–H and O–H groups in total. The van der Waals surface area contributed by atoms with Crippen LogP contribution in [0.2, 0.25) is 0 Å². The van der Waals surface area contributed by atoms with Crippen LogP contribution in [0.3, 0.4) is 0 Å². The summed E-state index contributed by atoms with van der Waals surface area (Å²) in [6.45, 7) is 2.20. The van der Waals surface area contributed by atoms with E-state index in [1.54, 1.807) is 23.1 Å². The van der Waals surface area contributed by atoms with E-state index in [0.29, 0.717) is 32.1 Å². The number of rotatable bonds is 4. The topological polar surface area (TPSA) is 79.6 Å². The van der Waals surface area contributed by atoms with Gasteiger partial charge in [-0.2, -0.15) is 5.26 Å². The van der Waals surface area contributed by atoms with Crippen LogP contribution in [0.1, 0.15) is 0 Å². The minimum Gasteiger partial charge on any atom is -0.497 e. The molecule has 0 unspecified atom stereocenters. The number of nitriles is 1. The van der Waals surface area contributed by atoms with Gasteiger partial charge in [0, 0.05) is 19.3 Å². The van der Waals surface area contributed by atoms with Crippen LogP contribution >= 0.6 is 0 Å². The summed E-state index contributed by atoms with van der Waals surface area (Å²) in [5.74, 6) is 0.560. The summed E-state index contributed by atoms with van der Waals surface area (Å²) < 4.78 is 35.1. The molecule has 1 saturated heterocycles. The number of methoxy groups -OCH3 is 1. The Balaban J connectivity index is 2.30. The van der Waals surface area contributed by atoms with Gasteiger partial charge in [-0.1, -0.05) is 0 Å². The van der Waals surface area contributed by atoms with E-state index < -0.39 is 9.84 Å². The Morgan fingerprint density at radius 3 is 2.48 bits per heavy atom. The number of allylic oxidation sites excluding steroid dienone is 1. The van der Waals surface area contributed by atoms with Gasteiger partial charge < -0.3 is 14.4 Å². The van der Waals surface area contributed by atoms with Crippen LogP contribution in [-0.2, 0) is 14.6 Å². The van der Waals surface area contributed by atoms with Crippen LogP contribution in [0, 0.1) is 11.3 Å². The highest BCUT2D eigenvalue weighted by Crippen LogP contribution is 2.22. The summed E-state index contributed by atoms with van der Waals surface area (Å²) in [6, 6.07) is 7.74. The van der Waals surface area contributed by atoms with E-state index in [1.807, 2.05) is 0 Å². The second-order valence-corrected chi connectivity index (χ2v) is 6.35. The Bertz CT molecular complexity index is 653. The van der Waals surface area contributed by atoms with Crippen molar-refractivity contribution in [3.63, 3.8) is 0 Å². The van der Waals surface area contributed by atoms with E-state index in [1.165, 1.54) is 25.4 Å². The van der Waals surface area contributed by atoms with E-state index in [-0.39, 0.29) is 9.80 Å². The number of sulfone groups is 1. The molecular formula is C14H16N2O4S. The summed E-state index contributed by atoms with van der Waals surface area (Å²) in [5.41, 5.74) is 0. The molecule has 0 atom stereocenters. The Labute approximate surface area is 124 Å². The van der Waals surface area contributed by atoms with Crippen LogP contribution in [0.25, 0.3) is 0 Å². The molecule has 2 rings (SSSR count). The Hall–Kier alpha value is -2.04. The van der Waals surface area contributed by atoms with Crippen LogP contribution in [-0.4, -0.2) is 46.7 Å². The maximum atomic E-state index is 12.4. The second kappa shape index (κ2) is 6.61. The third-order valence-corrected chi connectivity index (χ3v) is 4.78. The van der Waals surface area contributed by atoms with Gasteiger partial charge in [-0.05, 0) is 24.3 Å². The molecule has 1 fully saturated rings. The van der Waals surface area contributed by atoms with Gasteiger partial charge in [-0.25, -0.2) is 8.42 Å². The fraction of sp³-hybridized carbons (Fsp3) is 0.357. The predicted octanol–water partition coefficient (Wildman–Crippen LogP) is 1.17. The van der Waals surface area contributed by atoms with Crippen molar-refractivity contribution in [2.75, 3.05) is 33.4 Å². The Morgan fingerprint density at radius 1 is 1.33 bits per heavy atom. The summed E-state index contributed by atoms with van der Waals surface area (Å²) >= 11 is 0. The van der Waals surface area contributed by atoms with Crippen LogP contribution in [0.5, 0.6) is 5.75 Å². The number of ether oxygens (including phenoxy) is 2. The van der Waals surface area contributed by atoms with Crippen LogP contribution in [0.4, 0.5) is 0 Å². The van der Waals surface area contributed by atoms with Gasteiger partial charge in [-0.3, -0.25) is 0 Å². The van der Waals surface area contributed by atoms with Crippen molar-refractivity contribution in [1.82, 2.24) is 4.90 Å². The average molecular weight is 308 g/mol. The molecule has 1 aliphatic heterocycles. The first kappa shape index (κ1) is 15.4. The van der Waals surface area contributed by atoms with Crippen molar-refractivity contribution in [1.29, 1.82) is 5.26 Å². The van der Waals surface area contributed by atoms with Crippen molar-refractivity contribution >= 4 is 9.84 Å². The molecule has 112 valence electrons. The standard InChI is InChI=1S/C14H16N2O4S/c1-19-12-2-4-13(5-3-12)21(17,18)14(10-15)11-16-6-8-20-9-7-16/h2-5,11H,6-9H2,1H3. The van der Waals surface area contributed by atoms with Crippen molar-refractivity contribution in [2.45, 2.75) is 4.90 Å². The van der Waals surface area contributed by atoms with Gasteiger partial charge in [-0.15, -0.1) is 0 Å². The summed E-state index contributed by atoms with van der Waals surface area (Å²) in [5, 5.41) is 9.17. The quantitative estimate of drug-likeness (QED) is 0.777. The highest BCUT2D eigenvalue weighted by atomic mass is 32.2. The highest BCUT2D eigenvalue weighted by Gasteiger charge is 2.22. The largest absolute Gasteiger partial charge is 0.497 e. The normalized spacial score (nSPS) is 16.4. The minimum absolute atomic E-state index is 0.0735. The van der Waals surface area contributed by atoms with E-state index in [9.17, 15) is 13.7 Å². The summed E-state index contributed by atoms with van der Waals surface area (Å²) in [7, 11) is -2.31. The first-order valence-corrected chi connectivity index (χ1v) is 7.89. The fourth-order valence-corrected chi connectivity index (χ4v) is 3.07. The number of benzene rings is 1. The van der Waals surface area contributed by atoms with Crippen molar-refractivity contribution < 1.29 is 17.9 Å². The molecule has 21 heavy (non-hydrogen) atoms. The molecule has 1 heterocycles. The average Bonchev–Trinajstić information content (AvgIpc) is 2.53. The van der Waals surface area contributed by atoms with Crippen LogP contribution in [0.15, 0.2) is 40.3 Å². The summed E-state index contributed by atoms with van der Waals surface area (Å²) in [6.07, 6.45) is 1.39. The van der Waals surface area contributed by atoms with E-state index in [4.69, 9.17) is 9.47 Å². The first-order chi connectivity index (χ1) is 10.1. The van der Waals surface area contributed by atoms with Crippen molar-refractivity contribution in [2.24, 2.45) is 0 Å². The molecule has 1 aromatic rings. The number of morpholine rings is 1. The zero-order valence-corrected chi connectivity index (χ0v) is 12.5. The van der Waals surface area contributed by atoms with Gasteiger partial charge in [0.2, 0.25) is 9.84 Å². The Kier molecular flexibility index (Phi) is 4.83. The molecule has 0 bridgehead atoms. The lowest BCUT2D eigenvalue weighted by molar-refractivity contribution is 0.0593. The fourth-order valence-electron chi connectivity index (χ4n) is 1.91. The number of hydrogen-bond donors (Lipinski definition) is 0. The minimum atomic E-state index is -3.81. The maximum Gasteiger partial charge on any atom is 0.218 e. The Morgan fingerprint density at radius 2 is 1.95 bits per heavy atom. The maximum absolute atomic E-state index is 12.4. The number of nitrogens with zero attached hydrogens (tertiary/aromatic N) is 2. The molecule has 7 heteroatoms. The third kappa shape index (κ3) is 3.54. The van der Waals surface area contributed by atoms with Gasteiger partial charge in [0.15, 0.2) is 4.91 Å². The van der Waals surface area contributed by atoms with E-state index in [2.05, 4.69) is 0 Å². The van der Waals surface area contributed by atoms with Gasteiger partial charge in [0.25, 0.3) is 0 Å². The van der Waals surface area contributed by atoms with Gasteiger partial charge >= 0.3 is 0 Å². The molecule has 0 spiro atoms. The van der Waals surface area contributed by atoms with E-state index >= 15 is 0 Å². The third-order valence-electron chi connectivity index (χ3n) is 3.11. The zero-order valence-electron chi connectivity index (χ0n) is 11.7. The first-order valence-electron chi connectivity index (χ1n) is 6.41. The zero-order chi connectivity index (χ0) is 15.3. The highest BCUT2D eigenvalue weighted by molar-refractivity contribution is 7.95. The molecule has 0 radical (unpaired) electrons. The predicted molar refractivity (Wildman–Crippen MR) is 76.3 cm³/mol. The monoisotopic (exact) mass is 308 g/mol. The molecule has 1 aromatic carbocycles. The van der Waals surface area contributed by atoms with Gasteiger partial charge in [0.05, 0.1) is 25.2 Å². The molecule has 0 amide bonds. The lowest BCUT2D eigenvalue weighted by Gasteiger charge is -2.25. The lowest BCUT2D eigenvalue weighted by atomic mass is 10.3. The lowest BCUT2D eigenvalue weighted by Crippen LogP contribution is -2.32. The molecule has 1 aliphatic rings.